The van der Waals surface area contributed by atoms with Crippen LogP contribution in [0.25, 0.3) is 10.1 Å². The first-order valence-corrected chi connectivity index (χ1v) is 7.91. The van der Waals surface area contributed by atoms with Crippen molar-refractivity contribution >= 4 is 48.9 Å². The fourth-order valence-corrected chi connectivity index (χ4v) is 4.09. The number of carbonyl (C=O) groups excluding carboxylic acids is 1. The van der Waals surface area contributed by atoms with E-state index in [-0.39, 0.29) is 5.91 Å². The highest BCUT2D eigenvalue weighted by Gasteiger charge is 2.27. The van der Waals surface area contributed by atoms with E-state index in [2.05, 4.69) is 15.9 Å². The summed E-state index contributed by atoms with van der Waals surface area (Å²) in [6.07, 6.45) is 2.48. The van der Waals surface area contributed by atoms with E-state index in [0.717, 1.165) is 21.1 Å². The van der Waals surface area contributed by atoms with Crippen LogP contribution in [0.3, 0.4) is 0 Å². The predicted octanol–water partition coefficient (Wildman–Crippen LogP) is 3.73. The van der Waals surface area contributed by atoms with E-state index < -0.39 is 0 Å². The monoisotopic (exact) mass is 338 g/mol. The van der Waals surface area contributed by atoms with Gasteiger partial charge in [0, 0.05) is 28.2 Å². The lowest BCUT2D eigenvalue weighted by Crippen LogP contribution is -2.28. The van der Waals surface area contributed by atoms with Crippen molar-refractivity contribution < 1.29 is 4.79 Å². The van der Waals surface area contributed by atoms with Crippen molar-refractivity contribution in [1.82, 2.24) is 4.90 Å². The number of halogens is 1. The van der Waals surface area contributed by atoms with E-state index in [1.807, 2.05) is 25.2 Å². The van der Waals surface area contributed by atoms with Crippen LogP contribution in [0.1, 0.15) is 22.5 Å². The van der Waals surface area contributed by atoms with Crippen molar-refractivity contribution in [3.63, 3.8) is 0 Å². The molecule has 5 heteroatoms. The van der Waals surface area contributed by atoms with Gasteiger partial charge in [-0.25, -0.2) is 0 Å². The minimum atomic E-state index is 0.0394. The van der Waals surface area contributed by atoms with Gasteiger partial charge in [0.05, 0.1) is 5.69 Å². The minimum Gasteiger partial charge on any atom is -0.397 e. The first kappa shape index (κ1) is 12.9. The normalized spacial score (nSPS) is 14.8. The lowest BCUT2D eigenvalue weighted by molar-refractivity contribution is 0.0794. The van der Waals surface area contributed by atoms with Crippen molar-refractivity contribution in [1.29, 1.82) is 0 Å². The molecule has 1 saturated carbocycles. The highest BCUT2D eigenvalue weighted by molar-refractivity contribution is 9.10. The van der Waals surface area contributed by atoms with Crippen molar-refractivity contribution in [2.75, 3.05) is 19.3 Å². The Labute approximate surface area is 124 Å². The van der Waals surface area contributed by atoms with E-state index in [1.54, 1.807) is 4.90 Å². The maximum atomic E-state index is 12.5. The molecule has 3 nitrogen and oxygen atoms in total. The zero-order chi connectivity index (χ0) is 13.6. The second kappa shape index (κ2) is 4.80. The molecule has 2 N–H and O–H groups in total. The van der Waals surface area contributed by atoms with Crippen molar-refractivity contribution in [2.45, 2.75) is 12.8 Å². The van der Waals surface area contributed by atoms with Crippen LogP contribution in [0, 0.1) is 5.92 Å². The highest BCUT2D eigenvalue weighted by Crippen LogP contribution is 2.39. The van der Waals surface area contributed by atoms with Gasteiger partial charge in [-0.15, -0.1) is 11.3 Å². The average Bonchev–Trinajstić information content (AvgIpc) is 3.12. The van der Waals surface area contributed by atoms with E-state index >= 15 is 0 Å². The molecule has 0 aliphatic heterocycles. The van der Waals surface area contributed by atoms with Gasteiger partial charge in [0.25, 0.3) is 5.91 Å². The average molecular weight is 339 g/mol. The standard InChI is InChI=1S/C14H15BrN2OS/c1-17(7-8-5-6-8)14(18)13-12(16)11-9(15)3-2-4-10(11)19-13/h2-4,8H,5-7,16H2,1H3. The van der Waals surface area contributed by atoms with Gasteiger partial charge >= 0.3 is 0 Å². The topological polar surface area (TPSA) is 46.3 Å². The predicted molar refractivity (Wildman–Crippen MR) is 83.6 cm³/mol. The molecule has 0 radical (unpaired) electrons. The fraction of sp³-hybridized carbons (Fsp3) is 0.357. The lowest BCUT2D eigenvalue weighted by atomic mass is 10.2. The molecule has 1 aliphatic rings. The Kier molecular flexibility index (Phi) is 3.27. The third-order valence-corrected chi connectivity index (χ3v) is 5.29. The Balaban J connectivity index is 1.97. The van der Waals surface area contributed by atoms with Crippen LogP contribution in [-0.2, 0) is 0 Å². The minimum absolute atomic E-state index is 0.0394. The summed E-state index contributed by atoms with van der Waals surface area (Å²) in [7, 11) is 1.86. The van der Waals surface area contributed by atoms with E-state index in [1.165, 1.54) is 24.2 Å². The Morgan fingerprint density at radius 2 is 2.26 bits per heavy atom. The van der Waals surface area contributed by atoms with Crippen LogP contribution >= 0.6 is 27.3 Å². The van der Waals surface area contributed by atoms with Gasteiger partial charge in [0.2, 0.25) is 0 Å². The van der Waals surface area contributed by atoms with Crippen molar-refractivity contribution in [3.8, 4) is 0 Å². The van der Waals surface area contributed by atoms with E-state index in [9.17, 15) is 4.79 Å². The molecule has 1 fully saturated rings. The molecule has 1 aromatic carbocycles. The molecule has 2 aromatic rings. The van der Waals surface area contributed by atoms with Crippen LogP contribution in [0.2, 0.25) is 0 Å². The lowest BCUT2D eigenvalue weighted by Gasteiger charge is -2.16. The number of thiophene rings is 1. The number of nitrogens with two attached hydrogens (primary N) is 1. The van der Waals surface area contributed by atoms with Crippen molar-refractivity contribution in [3.05, 3.63) is 27.5 Å². The molecule has 0 saturated heterocycles. The molecule has 0 atom stereocenters. The summed E-state index contributed by atoms with van der Waals surface area (Å²) >= 11 is 4.98. The molecule has 1 amide bonds. The Hall–Kier alpha value is -1.07. The number of amides is 1. The van der Waals surface area contributed by atoms with Crippen LogP contribution < -0.4 is 5.73 Å². The first-order valence-electron chi connectivity index (χ1n) is 6.30. The Morgan fingerprint density at radius 3 is 2.89 bits per heavy atom. The summed E-state index contributed by atoms with van der Waals surface area (Å²) in [5.41, 5.74) is 6.76. The van der Waals surface area contributed by atoms with Gasteiger partial charge < -0.3 is 10.6 Å². The number of rotatable bonds is 3. The molecule has 1 aliphatic carbocycles. The Morgan fingerprint density at radius 1 is 1.53 bits per heavy atom. The molecule has 0 bridgehead atoms. The third kappa shape index (κ3) is 2.37. The largest absolute Gasteiger partial charge is 0.397 e. The maximum Gasteiger partial charge on any atom is 0.265 e. The van der Waals surface area contributed by atoms with Crippen molar-refractivity contribution in [2.24, 2.45) is 5.92 Å². The van der Waals surface area contributed by atoms with Gasteiger partial charge in [-0.2, -0.15) is 0 Å². The molecule has 3 rings (SSSR count). The molecule has 100 valence electrons. The molecule has 0 spiro atoms. The van der Waals surface area contributed by atoms with Gasteiger partial charge in [0.15, 0.2) is 0 Å². The highest BCUT2D eigenvalue weighted by atomic mass is 79.9. The summed E-state index contributed by atoms with van der Waals surface area (Å²) in [6, 6.07) is 5.91. The number of benzene rings is 1. The second-order valence-corrected chi connectivity index (χ2v) is 6.99. The number of carbonyl (C=O) groups is 1. The number of nitrogen functional groups attached to an aromatic ring is 1. The number of hydrogen-bond acceptors (Lipinski definition) is 3. The molecular weight excluding hydrogens is 324 g/mol. The Bertz CT molecular complexity index is 648. The molecule has 1 aromatic heterocycles. The summed E-state index contributed by atoms with van der Waals surface area (Å²) in [5, 5.41) is 0.954. The number of nitrogens with zero attached hydrogens (tertiary/aromatic N) is 1. The summed E-state index contributed by atoms with van der Waals surface area (Å²) in [4.78, 5) is 14.9. The smallest absolute Gasteiger partial charge is 0.265 e. The molecular formula is C14H15BrN2OS. The van der Waals surface area contributed by atoms with Gasteiger partial charge in [-0.3, -0.25) is 4.79 Å². The van der Waals surface area contributed by atoms with Crippen LogP contribution in [0.5, 0.6) is 0 Å². The summed E-state index contributed by atoms with van der Waals surface area (Å²) in [5.74, 6) is 0.730. The fourth-order valence-electron chi connectivity index (χ4n) is 2.23. The van der Waals surface area contributed by atoms with Crippen LogP contribution in [0.4, 0.5) is 5.69 Å². The van der Waals surface area contributed by atoms with Gasteiger partial charge in [0.1, 0.15) is 4.88 Å². The summed E-state index contributed by atoms with van der Waals surface area (Å²) in [6.45, 7) is 0.841. The quantitative estimate of drug-likeness (QED) is 0.926. The second-order valence-electron chi connectivity index (χ2n) is 5.09. The first-order chi connectivity index (χ1) is 9.08. The van der Waals surface area contributed by atoms with Gasteiger partial charge in [-0.1, -0.05) is 22.0 Å². The van der Waals surface area contributed by atoms with E-state index in [0.29, 0.717) is 16.5 Å². The number of anilines is 1. The van der Waals surface area contributed by atoms with E-state index in [4.69, 9.17) is 5.73 Å². The number of fused-ring (bicyclic) bond motifs is 1. The molecule has 19 heavy (non-hydrogen) atoms. The number of hydrogen-bond donors (Lipinski definition) is 1. The van der Waals surface area contributed by atoms with Crippen LogP contribution in [-0.4, -0.2) is 24.4 Å². The zero-order valence-corrected chi connectivity index (χ0v) is 13.1. The molecule has 0 unspecified atom stereocenters. The molecule has 1 heterocycles. The van der Waals surface area contributed by atoms with Crippen LogP contribution in [0.15, 0.2) is 22.7 Å². The third-order valence-electron chi connectivity index (χ3n) is 3.47. The van der Waals surface area contributed by atoms with Gasteiger partial charge in [-0.05, 0) is 30.9 Å². The zero-order valence-electron chi connectivity index (χ0n) is 10.6. The SMILES string of the molecule is CN(CC1CC1)C(=O)c1sc2cccc(Br)c2c1N. The summed E-state index contributed by atoms with van der Waals surface area (Å²) < 4.78 is 2.00. The maximum absolute atomic E-state index is 12.5.